The van der Waals surface area contributed by atoms with Gasteiger partial charge in [-0.15, -0.1) is 0 Å². The van der Waals surface area contributed by atoms with Gasteiger partial charge in [0.1, 0.15) is 17.2 Å². The van der Waals surface area contributed by atoms with Crippen LogP contribution >= 0.6 is 0 Å². The summed E-state index contributed by atoms with van der Waals surface area (Å²) in [5.74, 6) is 0.433. The van der Waals surface area contributed by atoms with E-state index >= 15 is 0 Å². The van der Waals surface area contributed by atoms with Gasteiger partial charge >= 0.3 is 6.09 Å². The molecule has 0 radical (unpaired) electrons. The molecule has 2 saturated heterocycles. The van der Waals surface area contributed by atoms with E-state index in [2.05, 4.69) is 41.0 Å². The summed E-state index contributed by atoms with van der Waals surface area (Å²) in [5.41, 5.74) is 4.05. The fourth-order valence-corrected chi connectivity index (χ4v) is 7.92. The van der Waals surface area contributed by atoms with Crippen molar-refractivity contribution in [3.63, 3.8) is 0 Å². The number of pyridine rings is 1. The second-order valence-electron chi connectivity index (χ2n) is 16.0. The summed E-state index contributed by atoms with van der Waals surface area (Å²) in [6, 6.07) is 8.49. The molecule has 2 aromatic heterocycles. The van der Waals surface area contributed by atoms with Crippen LogP contribution in [0.25, 0.3) is 5.52 Å². The molecule has 2 amide bonds. The summed E-state index contributed by atoms with van der Waals surface area (Å²) in [6.07, 6.45) is 0.156. The monoisotopic (exact) mass is 692 g/mol. The van der Waals surface area contributed by atoms with Crippen LogP contribution in [0.3, 0.4) is 0 Å². The number of nitrogens with zero attached hydrogens (tertiary/aromatic N) is 6. The van der Waals surface area contributed by atoms with E-state index in [1.54, 1.807) is 12.1 Å². The number of benzene rings is 1. The van der Waals surface area contributed by atoms with E-state index < -0.39 is 11.0 Å². The number of carbonyl (C=O) groups is 2. The third kappa shape index (κ3) is 7.26. The van der Waals surface area contributed by atoms with Crippen LogP contribution in [0.4, 0.5) is 14.9 Å². The number of rotatable bonds is 7. The van der Waals surface area contributed by atoms with E-state index in [1.807, 2.05) is 44.4 Å². The first kappa shape index (κ1) is 36.2. The van der Waals surface area contributed by atoms with Crippen molar-refractivity contribution < 1.29 is 28.6 Å². The third-order valence-electron chi connectivity index (χ3n) is 10.3. The van der Waals surface area contributed by atoms with Gasteiger partial charge in [0, 0.05) is 56.3 Å². The highest BCUT2D eigenvalue weighted by Gasteiger charge is 2.44. The van der Waals surface area contributed by atoms with Crippen molar-refractivity contribution in [3.05, 3.63) is 64.5 Å². The summed E-state index contributed by atoms with van der Waals surface area (Å²) < 4.78 is 27.4. The molecule has 1 aromatic carbocycles. The average Bonchev–Trinajstić information content (AvgIpc) is 3.51. The van der Waals surface area contributed by atoms with Gasteiger partial charge in [0.25, 0.3) is 0 Å². The number of imidazole rings is 1. The number of halogens is 1. The molecule has 3 aliphatic heterocycles. The largest absolute Gasteiger partial charge is 0.444 e. The van der Waals surface area contributed by atoms with Gasteiger partial charge < -0.3 is 24.4 Å². The van der Waals surface area contributed by atoms with Gasteiger partial charge in [-0.05, 0) is 77.3 Å². The Morgan fingerprint density at radius 1 is 1.10 bits per heavy atom. The molecule has 0 unspecified atom stereocenters. The van der Waals surface area contributed by atoms with E-state index in [9.17, 15) is 19.1 Å². The van der Waals surface area contributed by atoms with E-state index in [1.165, 1.54) is 12.1 Å². The van der Waals surface area contributed by atoms with E-state index in [4.69, 9.17) is 14.5 Å². The zero-order valence-electron chi connectivity index (χ0n) is 30.8. The molecule has 0 saturated carbocycles. The Morgan fingerprint density at radius 2 is 1.82 bits per heavy atom. The van der Waals surface area contributed by atoms with Crippen LogP contribution in [0.15, 0.2) is 30.3 Å². The highest BCUT2D eigenvalue weighted by molar-refractivity contribution is 5.98. The zero-order valence-corrected chi connectivity index (χ0v) is 30.8. The minimum absolute atomic E-state index is 0.0120. The van der Waals surface area contributed by atoms with Gasteiger partial charge in [-0.3, -0.25) is 19.0 Å². The topological polar surface area (TPSA) is 103 Å². The number of aliphatic hydroxyl groups excluding tert-OH is 1. The lowest BCUT2D eigenvalue weighted by Crippen LogP contribution is -2.64. The number of aryl methyl sites for hydroxylation is 1. The Hall–Kier alpha value is -3.58. The number of aliphatic hydroxyl groups is 1. The molecule has 0 bridgehead atoms. The molecule has 3 atom stereocenters. The zero-order chi connectivity index (χ0) is 36.1. The van der Waals surface area contributed by atoms with Gasteiger partial charge in [0.2, 0.25) is 5.91 Å². The normalized spacial score (nSPS) is 23.0. The number of hydrogen-bond donors (Lipinski definition) is 1. The van der Waals surface area contributed by atoms with Crippen LogP contribution in [0.5, 0.6) is 0 Å². The first-order valence-electron chi connectivity index (χ1n) is 17.8. The van der Waals surface area contributed by atoms with Crippen molar-refractivity contribution in [2.75, 3.05) is 57.4 Å². The van der Waals surface area contributed by atoms with Gasteiger partial charge in [-0.25, -0.2) is 14.2 Å². The first-order valence-corrected chi connectivity index (χ1v) is 17.8. The maximum Gasteiger partial charge on any atom is 0.410 e. The molecule has 12 heteroatoms. The smallest absolute Gasteiger partial charge is 0.410 e. The summed E-state index contributed by atoms with van der Waals surface area (Å²) in [7, 11) is 0. The molecule has 11 nitrogen and oxygen atoms in total. The van der Waals surface area contributed by atoms with Crippen LogP contribution < -0.4 is 4.90 Å². The number of hydrogen-bond acceptors (Lipinski definition) is 8. The van der Waals surface area contributed by atoms with E-state index in [-0.39, 0.29) is 49.1 Å². The maximum absolute atomic E-state index is 14.6. The molecule has 2 fully saturated rings. The molecule has 50 heavy (non-hydrogen) atoms. The Kier molecular flexibility index (Phi) is 10.0. The van der Waals surface area contributed by atoms with Crippen molar-refractivity contribution in [2.45, 2.75) is 97.6 Å². The van der Waals surface area contributed by atoms with Gasteiger partial charge in [0.05, 0.1) is 49.0 Å². The molecular formula is C38H53FN6O5. The lowest BCUT2D eigenvalue weighted by Gasteiger charge is -2.47. The minimum Gasteiger partial charge on any atom is -0.444 e. The number of carbonyl (C=O) groups excluding carboxylic acids is 2. The number of piperazine rings is 1. The summed E-state index contributed by atoms with van der Waals surface area (Å²) in [6.45, 7) is 20.3. The second kappa shape index (κ2) is 13.9. The summed E-state index contributed by atoms with van der Waals surface area (Å²) >= 11 is 0. The third-order valence-corrected chi connectivity index (χ3v) is 10.3. The van der Waals surface area contributed by atoms with Crippen molar-refractivity contribution in [1.82, 2.24) is 24.1 Å². The number of fused-ring (bicyclic) bond motifs is 3. The molecule has 1 N–H and O–H groups in total. The van der Waals surface area contributed by atoms with Crippen molar-refractivity contribution in [1.29, 1.82) is 0 Å². The molecule has 3 aromatic rings. The van der Waals surface area contributed by atoms with Gasteiger partial charge in [-0.2, -0.15) is 0 Å². The van der Waals surface area contributed by atoms with Crippen LogP contribution in [0, 0.1) is 12.7 Å². The number of anilines is 1. The Morgan fingerprint density at radius 3 is 2.48 bits per heavy atom. The first-order chi connectivity index (χ1) is 23.6. The minimum atomic E-state index is -0.611. The number of ether oxygens (including phenoxy) is 2. The van der Waals surface area contributed by atoms with Crippen LogP contribution in [0.2, 0.25) is 0 Å². The number of amides is 2. The van der Waals surface area contributed by atoms with Crippen molar-refractivity contribution in [3.8, 4) is 0 Å². The molecular weight excluding hydrogens is 639 g/mol. The molecule has 6 rings (SSSR count). The lowest BCUT2D eigenvalue weighted by molar-refractivity contribution is -0.121. The fraction of sp³-hybridized carbons (Fsp3) is 0.605. The standard InChI is InChI=1S/C38H53FN6O5/c1-24-17-42(30(18-41-13-14-49-22-25(41)2)19-43(24)36(48)50-37(4,5)6)20-33(47)44-23-38(7,8)35-32(44)16-28(15-27-9-11-29(39)12-10-27)34-31(21-46)40-26(3)45(34)35/h9-12,16,24-25,30,46H,13-15,17-23H2,1-8H3/t24-,25-,30+/m1/s1. The summed E-state index contributed by atoms with van der Waals surface area (Å²) in [5, 5.41) is 10.3. The van der Waals surface area contributed by atoms with E-state index in [0.717, 1.165) is 40.4 Å². The average molecular weight is 693 g/mol. The van der Waals surface area contributed by atoms with Gasteiger partial charge in [-0.1, -0.05) is 26.0 Å². The predicted octanol–water partition coefficient (Wildman–Crippen LogP) is 4.52. The van der Waals surface area contributed by atoms with Crippen molar-refractivity contribution in [2.24, 2.45) is 0 Å². The molecule has 272 valence electrons. The second-order valence-corrected chi connectivity index (χ2v) is 16.0. The number of aromatic nitrogens is 2. The van der Waals surface area contributed by atoms with Crippen LogP contribution in [0.1, 0.15) is 76.8 Å². The Bertz CT molecular complexity index is 1730. The SMILES string of the molecule is Cc1nc(CO)c2c(Cc3ccc(F)cc3)cc3c(n12)C(C)(C)CN3C(=O)CN1C[C@@H](C)N(C(=O)OC(C)(C)C)C[C@@H]1CN1CCOC[C@H]1C. The maximum atomic E-state index is 14.6. The van der Waals surface area contributed by atoms with Crippen LogP contribution in [-0.2, 0) is 32.7 Å². The van der Waals surface area contributed by atoms with E-state index in [0.29, 0.717) is 51.5 Å². The summed E-state index contributed by atoms with van der Waals surface area (Å²) in [4.78, 5) is 41.0. The fourth-order valence-electron chi connectivity index (χ4n) is 7.92. The lowest BCUT2D eigenvalue weighted by atomic mass is 9.90. The predicted molar refractivity (Wildman–Crippen MR) is 190 cm³/mol. The van der Waals surface area contributed by atoms with Crippen LogP contribution in [-0.4, -0.2) is 117 Å². The molecule has 3 aliphatic rings. The molecule has 0 spiro atoms. The highest BCUT2D eigenvalue weighted by atomic mass is 19.1. The molecule has 0 aliphatic carbocycles. The highest BCUT2D eigenvalue weighted by Crippen LogP contribution is 2.44. The quantitative estimate of drug-likeness (QED) is 0.386. The Labute approximate surface area is 294 Å². The van der Waals surface area contributed by atoms with Gasteiger partial charge in [0.15, 0.2) is 0 Å². The molecule has 5 heterocycles. The van der Waals surface area contributed by atoms with Crippen molar-refractivity contribution >= 4 is 23.2 Å². The number of morpholine rings is 1. The Balaban J connectivity index is 1.33.